The van der Waals surface area contributed by atoms with E-state index in [1.807, 2.05) is 12.3 Å². The summed E-state index contributed by atoms with van der Waals surface area (Å²) in [5.74, 6) is 0.335. The van der Waals surface area contributed by atoms with Crippen LogP contribution in [0.1, 0.15) is 35.2 Å². The van der Waals surface area contributed by atoms with Crippen LogP contribution >= 0.6 is 15.9 Å². The van der Waals surface area contributed by atoms with Crippen LogP contribution in [0.4, 0.5) is 0 Å². The van der Waals surface area contributed by atoms with E-state index in [-0.39, 0.29) is 0 Å². The van der Waals surface area contributed by atoms with E-state index in [0.29, 0.717) is 5.92 Å². The van der Waals surface area contributed by atoms with E-state index in [2.05, 4.69) is 66.0 Å². The highest BCUT2D eigenvalue weighted by molar-refractivity contribution is 9.10. The van der Waals surface area contributed by atoms with Crippen LogP contribution in [-0.2, 0) is 0 Å². The van der Waals surface area contributed by atoms with Crippen molar-refractivity contribution in [1.82, 2.24) is 4.98 Å². The van der Waals surface area contributed by atoms with Crippen molar-refractivity contribution in [3.63, 3.8) is 0 Å². The molecule has 0 bridgehead atoms. The maximum absolute atomic E-state index is 4.47. The van der Waals surface area contributed by atoms with Gasteiger partial charge in [0.05, 0.1) is 0 Å². The fraction of sp³-hybridized carbons (Fsp3) is 0.267. The van der Waals surface area contributed by atoms with Crippen molar-refractivity contribution in [1.29, 1.82) is 0 Å². The van der Waals surface area contributed by atoms with Gasteiger partial charge in [0.2, 0.25) is 0 Å². The molecule has 17 heavy (non-hydrogen) atoms. The van der Waals surface area contributed by atoms with E-state index in [9.17, 15) is 0 Å². The predicted molar refractivity (Wildman–Crippen MR) is 75.4 cm³/mol. The Hall–Kier alpha value is -1.15. The van der Waals surface area contributed by atoms with E-state index in [0.717, 1.165) is 10.2 Å². The lowest BCUT2D eigenvalue weighted by Crippen LogP contribution is -1.99. The molecule has 1 atom stereocenters. The van der Waals surface area contributed by atoms with Crippen LogP contribution in [0.5, 0.6) is 0 Å². The Balaban J connectivity index is 2.36. The van der Waals surface area contributed by atoms with Crippen molar-refractivity contribution < 1.29 is 0 Å². The van der Waals surface area contributed by atoms with Crippen molar-refractivity contribution >= 4 is 15.9 Å². The third-order valence-electron chi connectivity index (χ3n) is 2.94. The van der Waals surface area contributed by atoms with Crippen molar-refractivity contribution in [3.8, 4) is 0 Å². The van der Waals surface area contributed by atoms with E-state index in [1.54, 1.807) is 0 Å². The second kappa shape index (κ2) is 5.01. The van der Waals surface area contributed by atoms with Gasteiger partial charge in [0.15, 0.2) is 0 Å². The molecule has 2 rings (SSSR count). The molecule has 1 aromatic heterocycles. The highest BCUT2D eigenvalue weighted by Gasteiger charge is 2.10. The molecular formula is C15H16BrN. The number of nitrogens with zero attached hydrogens (tertiary/aromatic N) is 1. The zero-order valence-corrected chi connectivity index (χ0v) is 12.0. The molecule has 0 saturated carbocycles. The van der Waals surface area contributed by atoms with Gasteiger partial charge in [-0.25, -0.2) is 0 Å². The zero-order valence-electron chi connectivity index (χ0n) is 10.4. The molecule has 0 saturated heterocycles. The molecule has 0 N–H and O–H groups in total. The normalized spacial score (nSPS) is 12.5. The third kappa shape index (κ3) is 2.95. The second-order valence-electron chi connectivity index (χ2n) is 4.54. The lowest BCUT2D eigenvalue weighted by atomic mass is 9.94. The van der Waals surface area contributed by atoms with Crippen molar-refractivity contribution in [2.75, 3.05) is 0 Å². The number of pyridine rings is 1. The molecule has 0 radical (unpaired) electrons. The first kappa shape index (κ1) is 12.3. The van der Waals surface area contributed by atoms with Crippen LogP contribution in [0.15, 0.2) is 41.0 Å². The summed E-state index contributed by atoms with van der Waals surface area (Å²) in [4.78, 5) is 4.47. The summed E-state index contributed by atoms with van der Waals surface area (Å²) in [7, 11) is 0. The SMILES string of the molecule is Cc1cc(C)cc(C(C)c2ccc(Br)cn2)c1. The van der Waals surface area contributed by atoms with Gasteiger partial charge >= 0.3 is 0 Å². The fourth-order valence-corrected chi connectivity index (χ4v) is 2.31. The van der Waals surface area contributed by atoms with Gasteiger partial charge in [0.25, 0.3) is 0 Å². The standard InChI is InChI=1S/C15H16BrN/c1-10-6-11(2)8-13(7-10)12(3)15-5-4-14(16)9-17-15/h4-9,12H,1-3H3. The Bertz CT molecular complexity index is 497. The number of hydrogen-bond donors (Lipinski definition) is 0. The second-order valence-corrected chi connectivity index (χ2v) is 5.46. The third-order valence-corrected chi connectivity index (χ3v) is 3.41. The van der Waals surface area contributed by atoms with Gasteiger partial charge in [-0.2, -0.15) is 0 Å². The number of rotatable bonds is 2. The molecule has 1 unspecified atom stereocenters. The number of aryl methyl sites for hydroxylation is 2. The first-order chi connectivity index (χ1) is 8.06. The molecule has 1 nitrogen and oxygen atoms in total. The monoisotopic (exact) mass is 289 g/mol. The Kier molecular flexibility index (Phi) is 3.63. The van der Waals surface area contributed by atoms with E-state index in [1.165, 1.54) is 16.7 Å². The zero-order chi connectivity index (χ0) is 12.4. The summed E-state index contributed by atoms with van der Waals surface area (Å²) in [6.45, 7) is 6.47. The van der Waals surface area contributed by atoms with Crippen molar-refractivity contribution in [2.45, 2.75) is 26.7 Å². The summed E-state index contributed by atoms with van der Waals surface area (Å²) in [5.41, 5.74) is 5.06. The summed E-state index contributed by atoms with van der Waals surface area (Å²) in [6.07, 6.45) is 1.86. The summed E-state index contributed by atoms with van der Waals surface area (Å²) in [6, 6.07) is 10.8. The van der Waals surface area contributed by atoms with Gasteiger partial charge in [-0.05, 0) is 47.5 Å². The maximum Gasteiger partial charge on any atom is 0.0476 e. The molecule has 0 fully saturated rings. The van der Waals surface area contributed by atoms with Gasteiger partial charge in [-0.15, -0.1) is 0 Å². The van der Waals surface area contributed by atoms with Gasteiger partial charge in [0, 0.05) is 22.3 Å². The Labute approximate surface area is 111 Å². The van der Waals surface area contributed by atoms with Crippen molar-refractivity contribution in [2.24, 2.45) is 0 Å². The molecule has 1 aromatic carbocycles. The summed E-state index contributed by atoms with van der Waals surface area (Å²) in [5, 5.41) is 0. The number of aromatic nitrogens is 1. The molecule has 0 aliphatic heterocycles. The van der Waals surface area contributed by atoms with Crippen LogP contribution in [0.3, 0.4) is 0 Å². The van der Waals surface area contributed by atoms with Gasteiger partial charge in [-0.1, -0.05) is 36.2 Å². The van der Waals surface area contributed by atoms with E-state index >= 15 is 0 Å². The van der Waals surface area contributed by atoms with Crippen LogP contribution in [-0.4, -0.2) is 4.98 Å². The summed E-state index contributed by atoms with van der Waals surface area (Å²) < 4.78 is 1.02. The molecule has 88 valence electrons. The van der Waals surface area contributed by atoms with Crippen molar-refractivity contribution in [3.05, 3.63) is 63.4 Å². The fourth-order valence-electron chi connectivity index (χ4n) is 2.07. The molecule has 1 heterocycles. The lowest BCUT2D eigenvalue weighted by molar-refractivity contribution is 0.867. The molecular weight excluding hydrogens is 274 g/mol. The van der Waals surface area contributed by atoms with Crippen LogP contribution in [0, 0.1) is 13.8 Å². The first-order valence-corrected chi connectivity index (χ1v) is 6.55. The molecule has 2 heteroatoms. The highest BCUT2D eigenvalue weighted by Crippen LogP contribution is 2.25. The smallest absolute Gasteiger partial charge is 0.0476 e. The van der Waals surface area contributed by atoms with Crippen LogP contribution in [0.25, 0.3) is 0 Å². The minimum Gasteiger partial charge on any atom is -0.259 e. The van der Waals surface area contributed by atoms with Crippen LogP contribution < -0.4 is 0 Å². The van der Waals surface area contributed by atoms with Gasteiger partial charge in [0.1, 0.15) is 0 Å². The van der Waals surface area contributed by atoms with E-state index < -0.39 is 0 Å². The average Bonchev–Trinajstić information content (AvgIpc) is 2.28. The quantitative estimate of drug-likeness (QED) is 0.787. The molecule has 0 amide bonds. The Morgan fingerprint density at radius 2 is 1.71 bits per heavy atom. The Morgan fingerprint density at radius 3 is 2.24 bits per heavy atom. The number of hydrogen-bond acceptors (Lipinski definition) is 1. The molecule has 0 spiro atoms. The van der Waals surface area contributed by atoms with Gasteiger partial charge in [-0.3, -0.25) is 4.98 Å². The molecule has 2 aromatic rings. The van der Waals surface area contributed by atoms with E-state index in [4.69, 9.17) is 0 Å². The minimum atomic E-state index is 0.335. The molecule has 0 aliphatic rings. The van der Waals surface area contributed by atoms with Gasteiger partial charge < -0.3 is 0 Å². The highest BCUT2D eigenvalue weighted by atomic mass is 79.9. The average molecular weight is 290 g/mol. The Morgan fingerprint density at radius 1 is 1.06 bits per heavy atom. The number of benzene rings is 1. The summed E-state index contributed by atoms with van der Waals surface area (Å²) >= 11 is 3.41. The predicted octanol–water partition coefficient (Wildman–Crippen LogP) is 4.61. The largest absolute Gasteiger partial charge is 0.259 e. The number of halogens is 1. The lowest BCUT2D eigenvalue weighted by Gasteiger charge is -2.13. The van der Waals surface area contributed by atoms with Crippen LogP contribution in [0.2, 0.25) is 0 Å². The first-order valence-electron chi connectivity index (χ1n) is 5.76. The topological polar surface area (TPSA) is 12.9 Å². The minimum absolute atomic E-state index is 0.335. The molecule has 0 aliphatic carbocycles. The maximum atomic E-state index is 4.47.